The zero-order valence-corrected chi connectivity index (χ0v) is 9.53. The van der Waals surface area contributed by atoms with Crippen LogP contribution in [0, 0.1) is 6.92 Å². The molecule has 4 heteroatoms. The number of aryl methyl sites for hydroxylation is 1. The number of carbonyl (C=O) groups excluding carboxylic acids is 2. The van der Waals surface area contributed by atoms with Crippen molar-refractivity contribution in [2.45, 2.75) is 26.7 Å². The first kappa shape index (κ1) is 12.4. The quantitative estimate of drug-likeness (QED) is 0.558. The van der Waals surface area contributed by atoms with Gasteiger partial charge in [-0.3, -0.25) is 14.6 Å². The van der Waals surface area contributed by atoms with E-state index in [0.29, 0.717) is 6.61 Å². The van der Waals surface area contributed by atoms with Gasteiger partial charge in [-0.1, -0.05) is 6.07 Å². The lowest BCUT2D eigenvalue weighted by Gasteiger charge is -2.02. The molecule has 0 spiro atoms. The van der Waals surface area contributed by atoms with Crippen LogP contribution in [0.1, 0.15) is 24.5 Å². The van der Waals surface area contributed by atoms with E-state index >= 15 is 0 Å². The van der Waals surface area contributed by atoms with Crippen LogP contribution in [0.5, 0.6) is 0 Å². The number of ether oxygens (including phenoxy) is 1. The van der Waals surface area contributed by atoms with Crippen LogP contribution >= 0.6 is 0 Å². The standard InChI is InChI=1S/C12H15NO3/c1-3-16-12(15)6-11(14)5-10-4-9(2)7-13-8-10/h4,7-8H,3,5-6H2,1-2H3. The van der Waals surface area contributed by atoms with Crippen molar-refractivity contribution in [3.63, 3.8) is 0 Å². The number of rotatable bonds is 5. The van der Waals surface area contributed by atoms with Gasteiger partial charge in [0.15, 0.2) is 0 Å². The van der Waals surface area contributed by atoms with Gasteiger partial charge in [-0.15, -0.1) is 0 Å². The third-order valence-electron chi connectivity index (χ3n) is 1.98. The Hall–Kier alpha value is -1.71. The maximum Gasteiger partial charge on any atom is 0.313 e. The number of esters is 1. The van der Waals surface area contributed by atoms with Crippen LogP contribution in [-0.2, 0) is 20.7 Å². The molecule has 0 aliphatic heterocycles. The fourth-order valence-corrected chi connectivity index (χ4v) is 1.38. The molecule has 0 amide bonds. The monoisotopic (exact) mass is 221 g/mol. The molecule has 0 aliphatic carbocycles. The van der Waals surface area contributed by atoms with E-state index in [-0.39, 0.29) is 18.6 Å². The Kier molecular flexibility index (Phi) is 4.64. The van der Waals surface area contributed by atoms with E-state index < -0.39 is 5.97 Å². The van der Waals surface area contributed by atoms with Crippen molar-refractivity contribution < 1.29 is 14.3 Å². The topological polar surface area (TPSA) is 56.3 Å². The highest BCUT2D eigenvalue weighted by molar-refractivity contribution is 5.96. The molecule has 0 unspecified atom stereocenters. The maximum absolute atomic E-state index is 11.5. The molecule has 0 atom stereocenters. The van der Waals surface area contributed by atoms with Crippen molar-refractivity contribution >= 4 is 11.8 Å². The normalized spacial score (nSPS) is 9.88. The molecule has 0 aliphatic rings. The summed E-state index contributed by atoms with van der Waals surface area (Å²) in [6.45, 7) is 3.93. The van der Waals surface area contributed by atoms with Crippen LogP contribution in [-0.4, -0.2) is 23.3 Å². The fraction of sp³-hybridized carbons (Fsp3) is 0.417. The van der Waals surface area contributed by atoms with E-state index in [0.717, 1.165) is 11.1 Å². The lowest BCUT2D eigenvalue weighted by atomic mass is 10.1. The van der Waals surface area contributed by atoms with Gasteiger partial charge in [0.1, 0.15) is 12.2 Å². The first-order valence-corrected chi connectivity index (χ1v) is 5.19. The molecule has 16 heavy (non-hydrogen) atoms. The molecule has 1 aromatic heterocycles. The van der Waals surface area contributed by atoms with Gasteiger partial charge in [0.05, 0.1) is 6.61 Å². The molecule has 0 aromatic carbocycles. The highest BCUT2D eigenvalue weighted by Crippen LogP contribution is 2.04. The number of aromatic nitrogens is 1. The minimum atomic E-state index is -0.465. The molecule has 0 saturated carbocycles. The predicted octanol–water partition coefficient (Wildman–Crippen LogP) is 1.45. The Morgan fingerprint density at radius 3 is 2.75 bits per heavy atom. The van der Waals surface area contributed by atoms with Gasteiger partial charge >= 0.3 is 5.97 Å². The smallest absolute Gasteiger partial charge is 0.313 e. The Morgan fingerprint density at radius 1 is 1.38 bits per heavy atom. The molecule has 86 valence electrons. The zero-order valence-electron chi connectivity index (χ0n) is 9.53. The van der Waals surface area contributed by atoms with Crippen molar-refractivity contribution in [1.82, 2.24) is 4.98 Å². The summed E-state index contributed by atoms with van der Waals surface area (Å²) in [5.74, 6) is -0.612. The fourth-order valence-electron chi connectivity index (χ4n) is 1.38. The minimum absolute atomic E-state index is 0.147. The molecule has 1 rings (SSSR count). The van der Waals surface area contributed by atoms with Crippen molar-refractivity contribution in [2.24, 2.45) is 0 Å². The van der Waals surface area contributed by atoms with Gasteiger partial charge in [-0.25, -0.2) is 0 Å². The first-order valence-electron chi connectivity index (χ1n) is 5.19. The molecule has 0 fully saturated rings. The molecular weight excluding hydrogens is 206 g/mol. The van der Waals surface area contributed by atoms with E-state index in [1.165, 1.54) is 0 Å². The predicted molar refractivity (Wildman–Crippen MR) is 58.9 cm³/mol. The molecule has 4 nitrogen and oxygen atoms in total. The number of hydrogen-bond donors (Lipinski definition) is 0. The van der Waals surface area contributed by atoms with Crippen molar-refractivity contribution in [2.75, 3.05) is 6.61 Å². The van der Waals surface area contributed by atoms with Crippen molar-refractivity contribution in [3.05, 3.63) is 29.6 Å². The summed E-state index contributed by atoms with van der Waals surface area (Å²) in [7, 11) is 0. The number of carbonyl (C=O) groups is 2. The number of ketones is 1. The van der Waals surface area contributed by atoms with E-state index in [1.807, 2.05) is 13.0 Å². The third kappa shape index (κ3) is 4.21. The Balaban J connectivity index is 2.48. The summed E-state index contributed by atoms with van der Waals surface area (Å²) in [4.78, 5) is 26.5. The Bertz CT molecular complexity index is 388. The second-order valence-electron chi connectivity index (χ2n) is 3.57. The van der Waals surface area contributed by atoms with E-state index in [2.05, 4.69) is 4.98 Å². The van der Waals surface area contributed by atoms with Crippen LogP contribution in [0.3, 0.4) is 0 Å². The summed E-state index contributed by atoms with van der Waals surface area (Å²) >= 11 is 0. The summed E-state index contributed by atoms with van der Waals surface area (Å²) in [5.41, 5.74) is 1.83. The second-order valence-corrected chi connectivity index (χ2v) is 3.57. The largest absolute Gasteiger partial charge is 0.466 e. The molecule has 1 heterocycles. The van der Waals surface area contributed by atoms with Gasteiger partial charge in [-0.2, -0.15) is 0 Å². The lowest BCUT2D eigenvalue weighted by Crippen LogP contribution is -2.13. The minimum Gasteiger partial charge on any atom is -0.466 e. The summed E-state index contributed by atoms with van der Waals surface area (Å²) in [6, 6.07) is 1.88. The second kappa shape index (κ2) is 6.00. The lowest BCUT2D eigenvalue weighted by molar-refractivity contribution is -0.145. The molecule has 0 N–H and O–H groups in total. The van der Waals surface area contributed by atoms with Gasteiger partial charge in [-0.05, 0) is 25.0 Å². The molecular formula is C12H15NO3. The first-order chi connectivity index (χ1) is 7.61. The van der Waals surface area contributed by atoms with Crippen LogP contribution < -0.4 is 0 Å². The Morgan fingerprint density at radius 2 is 2.12 bits per heavy atom. The summed E-state index contributed by atoms with van der Waals surface area (Å²) < 4.78 is 4.70. The number of Topliss-reactive ketones (excluding diaryl/α,β-unsaturated/α-hetero) is 1. The van der Waals surface area contributed by atoms with Gasteiger partial charge in [0.2, 0.25) is 0 Å². The average Bonchev–Trinajstić information content (AvgIpc) is 2.17. The maximum atomic E-state index is 11.5. The van der Waals surface area contributed by atoms with Crippen LogP contribution in [0.15, 0.2) is 18.5 Å². The zero-order chi connectivity index (χ0) is 12.0. The number of pyridine rings is 1. The average molecular weight is 221 g/mol. The molecule has 1 aromatic rings. The van der Waals surface area contributed by atoms with E-state index in [9.17, 15) is 9.59 Å². The van der Waals surface area contributed by atoms with Gasteiger partial charge in [0.25, 0.3) is 0 Å². The summed E-state index contributed by atoms with van der Waals surface area (Å²) in [5, 5.41) is 0. The summed E-state index contributed by atoms with van der Waals surface area (Å²) in [6.07, 6.45) is 3.42. The SMILES string of the molecule is CCOC(=O)CC(=O)Cc1cncc(C)c1. The third-order valence-corrected chi connectivity index (χ3v) is 1.98. The molecule has 0 saturated heterocycles. The number of nitrogens with zero attached hydrogens (tertiary/aromatic N) is 1. The van der Waals surface area contributed by atoms with Crippen LogP contribution in [0.25, 0.3) is 0 Å². The van der Waals surface area contributed by atoms with E-state index in [1.54, 1.807) is 19.3 Å². The highest BCUT2D eigenvalue weighted by atomic mass is 16.5. The van der Waals surface area contributed by atoms with Crippen LogP contribution in [0.4, 0.5) is 0 Å². The molecule has 0 bridgehead atoms. The van der Waals surface area contributed by atoms with Crippen molar-refractivity contribution in [3.8, 4) is 0 Å². The van der Waals surface area contributed by atoms with Crippen LogP contribution in [0.2, 0.25) is 0 Å². The Labute approximate surface area is 94.6 Å². The van der Waals surface area contributed by atoms with Gasteiger partial charge in [0, 0.05) is 18.8 Å². The molecule has 0 radical (unpaired) electrons. The van der Waals surface area contributed by atoms with Crippen molar-refractivity contribution in [1.29, 1.82) is 0 Å². The number of hydrogen-bond acceptors (Lipinski definition) is 4. The highest BCUT2D eigenvalue weighted by Gasteiger charge is 2.11. The van der Waals surface area contributed by atoms with E-state index in [4.69, 9.17) is 4.74 Å². The van der Waals surface area contributed by atoms with Gasteiger partial charge < -0.3 is 4.74 Å².